The number of para-hydroxylation sites is 1. The minimum absolute atomic E-state index is 0.0227. The third kappa shape index (κ3) is 7.20. The average molecular weight is 492 g/mol. The molecule has 1 saturated heterocycles. The molecule has 1 aliphatic rings. The van der Waals surface area contributed by atoms with Gasteiger partial charge < -0.3 is 31.6 Å². The molecule has 3 rings (SSSR count). The average Bonchev–Trinajstić information content (AvgIpc) is 3.31. The number of hydrogen-bond acceptors (Lipinski definition) is 7. The number of nitrogens with zero attached hydrogens (tertiary/aromatic N) is 2. The van der Waals surface area contributed by atoms with Gasteiger partial charge in [0.1, 0.15) is 29.5 Å². The van der Waals surface area contributed by atoms with E-state index in [1.807, 2.05) is 30.3 Å². The Labute approximate surface area is 209 Å². The van der Waals surface area contributed by atoms with E-state index < -0.39 is 11.9 Å². The van der Waals surface area contributed by atoms with Crippen molar-refractivity contribution in [3.63, 3.8) is 0 Å². The van der Waals surface area contributed by atoms with Gasteiger partial charge in [0.2, 0.25) is 5.91 Å². The molecule has 0 aliphatic carbocycles. The molecule has 36 heavy (non-hydrogen) atoms. The van der Waals surface area contributed by atoms with Gasteiger partial charge in [0, 0.05) is 26.1 Å². The van der Waals surface area contributed by atoms with Crippen LogP contribution >= 0.6 is 0 Å². The Bertz CT molecular complexity index is 1190. The fourth-order valence-electron chi connectivity index (χ4n) is 3.60. The third-order valence-electron chi connectivity index (χ3n) is 5.36. The van der Waals surface area contributed by atoms with Gasteiger partial charge in [-0.05, 0) is 54.5 Å². The highest BCUT2D eigenvalue weighted by atomic mass is 16.5. The maximum absolute atomic E-state index is 12.3. The summed E-state index contributed by atoms with van der Waals surface area (Å²) in [5.41, 5.74) is 18.5. The van der Waals surface area contributed by atoms with Gasteiger partial charge in [0.15, 0.2) is 0 Å². The zero-order chi connectivity index (χ0) is 26.1. The van der Waals surface area contributed by atoms with E-state index in [4.69, 9.17) is 26.7 Å². The van der Waals surface area contributed by atoms with Crippen molar-refractivity contribution in [3.8, 4) is 11.5 Å². The molecule has 0 saturated carbocycles. The van der Waals surface area contributed by atoms with E-state index in [1.54, 1.807) is 29.2 Å². The lowest BCUT2D eigenvalue weighted by molar-refractivity contribution is -0.139. The molecule has 1 fully saturated rings. The van der Waals surface area contributed by atoms with Gasteiger partial charge in [-0.3, -0.25) is 19.4 Å². The van der Waals surface area contributed by atoms with Crippen LogP contribution in [0.4, 0.5) is 0 Å². The van der Waals surface area contributed by atoms with E-state index >= 15 is 0 Å². The fraction of sp³-hybridized carbons (Fsp3) is 0.231. The van der Waals surface area contributed by atoms with Crippen LogP contribution in [0.15, 0.2) is 77.3 Å². The number of carbonyl (C=O) groups is 3. The molecule has 1 aliphatic heterocycles. The molecule has 188 valence electrons. The summed E-state index contributed by atoms with van der Waals surface area (Å²) in [6.45, 7) is 2.09. The van der Waals surface area contributed by atoms with Crippen LogP contribution in [-0.4, -0.2) is 54.3 Å². The standard InChI is InChI=1S/C26H29N5O5/c1-17(32)35-15-5-8-22(33)31-14-13-19(16-31)30-25(28)23(26(29)34)24(27)18-9-11-21(12-10-18)36-20-6-3-2-4-7-20/h2-12,19H,13-16,27H2,1H3,(H2,28,30)(H2,29,34)/b8-5+,24-23?. The Morgan fingerprint density at radius 1 is 1.03 bits per heavy atom. The number of rotatable bonds is 9. The summed E-state index contributed by atoms with van der Waals surface area (Å²) in [5.74, 6) is -0.273. The topological polar surface area (TPSA) is 163 Å². The van der Waals surface area contributed by atoms with Crippen molar-refractivity contribution in [2.24, 2.45) is 22.2 Å². The van der Waals surface area contributed by atoms with E-state index in [-0.39, 0.29) is 35.7 Å². The van der Waals surface area contributed by atoms with Gasteiger partial charge in [0.05, 0.1) is 11.7 Å². The number of amides is 2. The highest BCUT2D eigenvalue weighted by Crippen LogP contribution is 2.24. The summed E-state index contributed by atoms with van der Waals surface area (Å²) in [6, 6.07) is 15.8. The zero-order valence-electron chi connectivity index (χ0n) is 19.9. The van der Waals surface area contributed by atoms with Crippen molar-refractivity contribution >= 4 is 29.3 Å². The van der Waals surface area contributed by atoms with Crippen LogP contribution in [0.25, 0.3) is 5.70 Å². The SMILES string of the molecule is CC(=O)OC/C=C/C(=O)N1CCC(N=C(N)C(C(N)=O)=C(N)c2ccc(Oc3ccccc3)cc2)C1. The number of amidine groups is 1. The predicted octanol–water partition coefficient (Wildman–Crippen LogP) is 1.71. The molecular weight excluding hydrogens is 462 g/mol. The second-order valence-electron chi connectivity index (χ2n) is 8.04. The van der Waals surface area contributed by atoms with Crippen molar-refractivity contribution in [1.82, 2.24) is 4.90 Å². The van der Waals surface area contributed by atoms with Crippen LogP contribution in [0.2, 0.25) is 0 Å². The minimum Gasteiger partial charge on any atom is -0.462 e. The minimum atomic E-state index is -0.808. The lowest BCUT2D eigenvalue weighted by Crippen LogP contribution is -2.32. The number of likely N-dealkylation sites (tertiary alicyclic amines) is 1. The first-order valence-electron chi connectivity index (χ1n) is 11.3. The Morgan fingerprint density at radius 3 is 2.33 bits per heavy atom. The highest BCUT2D eigenvalue weighted by Gasteiger charge is 2.26. The van der Waals surface area contributed by atoms with Crippen molar-refractivity contribution in [3.05, 3.63) is 77.9 Å². The van der Waals surface area contributed by atoms with Gasteiger partial charge >= 0.3 is 5.97 Å². The number of aliphatic imine (C=N–C) groups is 1. The van der Waals surface area contributed by atoms with E-state index in [0.29, 0.717) is 36.6 Å². The summed E-state index contributed by atoms with van der Waals surface area (Å²) < 4.78 is 10.5. The van der Waals surface area contributed by atoms with Crippen molar-refractivity contribution < 1.29 is 23.9 Å². The number of carbonyl (C=O) groups excluding carboxylic acids is 3. The quantitative estimate of drug-likeness (QED) is 0.208. The molecular formula is C26H29N5O5. The monoisotopic (exact) mass is 491 g/mol. The maximum Gasteiger partial charge on any atom is 0.302 e. The van der Waals surface area contributed by atoms with E-state index in [0.717, 1.165) is 0 Å². The van der Waals surface area contributed by atoms with Gasteiger partial charge in [-0.2, -0.15) is 0 Å². The molecule has 0 aromatic heterocycles. The Hall–Kier alpha value is -4.60. The Kier molecular flexibility index (Phi) is 8.82. The fourth-order valence-corrected chi connectivity index (χ4v) is 3.60. The van der Waals surface area contributed by atoms with Crippen LogP contribution in [-0.2, 0) is 19.1 Å². The van der Waals surface area contributed by atoms with Gasteiger partial charge in [-0.1, -0.05) is 18.2 Å². The second-order valence-corrected chi connectivity index (χ2v) is 8.04. The molecule has 10 heteroatoms. The molecule has 2 aromatic rings. The maximum atomic E-state index is 12.3. The zero-order valence-corrected chi connectivity index (χ0v) is 19.9. The third-order valence-corrected chi connectivity index (χ3v) is 5.36. The molecule has 0 spiro atoms. The summed E-state index contributed by atoms with van der Waals surface area (Å²) in [5, 5.41) is 0. The first kappa shape index (κ1) is 26.0. The van der Waals surface area contributed by atoms with Crippen LogP contribution < -0.4 is 21.9 Å². The van der Waals surface area contributed by atoms with Gasteiger partial charge in [-0.15, -0.1) is 0 Å². The summed E-state index contributed by atoms with van der Waals surface area (Å²) >= 11 is 0. The number of primary amides is 1. The lowest BCUT2D eigenvalue weighted by Gasteiger charge is -2.14. The van der Waals surface area contributed by atoms with E-state index in [1.165, 1.54) is 19.1 Å². The molecule has 1 unspecified atom stereocenters. The lowest BCUT2D eigenvalue weighted by atomic mass is 10.0. The number of nitrogens with two attached hydrogens (primary N) is 3. The summed E-state index contributed by atoms with van der Waals surface area (Å²) in [4.78, 5) is 41.3. The van der Waals surface area contributed by atoms with E-state index in [9.17, 15) is 14.4 Å². The molecule has 0 radical (unpaired) electrons. The van der Waals surface area contributed by atoms with Crippen LogP contribution in [0, 0.1) is 0 Å². The van der Waals surface area contributed by atoms with Crippen LogP contribution in [0.3, 0.4) is 0 Å². The Balaban J connectivity index is 1.69. The predicted molar refractivity (Wildman–Crippen MR) is 136 cm³/mol. The van der Waals surface area contributed by atoms with E-state index in [2.05, 4.69) is 4.99 Å². The molecule has 10 nitrogen and oxygen atoms in total. The van der Waals surface area contributed by atoms with Gasteiger partial charge in [-0.25, -0.2) is 0 Å². The number of hydrogen-bond donors (Lipinski definition) is 3. The highest BCUT2D eigenvalue weighted by molar-refractivity contribution is 6.24. The largest absolute Gasteiger partial charge is 0.462 e. The van der Waals surface area contributed by atoms with Gasteiger partial charge in [0.25, 0.3) is 5.91 Å². The molecule has 0 bridgehead atoms. The van der Waals surface area contributed by atoms with Crippen molar-refractivity contribution in [2.75, 3.05) is 19.7 Å². The summed E-state index contributed by atoms with van der Waals surface area (Å²) in [7, 11) is 0. The molecule has 1 heterocycles. The normalized spacial score (nSPS) is 16.5. The molecule has 2 amide bonds. The molecule has 2 aromatic carbocycles. The van der Waals surface area contributed by atoms with Crippen molar-refractivity contribution in [1.29, 1.82) is 0 Å². The number of esters is 1. The van der Waals surface area contributed by atoms with Crippen LogP contribution in [0.1, 0.15) is 18.9 Å². The second kappa shape index (κ2) is 12.2. The molecule has 6 N–H and O–H groups in total. The first-order chi connectivity index (χ1) is 17.2. The van der Waals surface area contributed by atoms with Crippen LogP contribution in [0.5, 0.6) is 11.5 Å². The smallest absolute Gasteiger partial charge is 0.302 e. The summed E-state index contributed by atoms with van der Waals surface area (Å²) in [6.07, 6.45) is 3.37. The first-order valence-corrected chi connectivity index (χ1v) is 11.3. The number of ether oxygens (including phenoxy) is 2. The Morgan fingerprint density at radius 2 is 1.69 bits per heavy atom. The molecule has 1 atom stereocenters. The number of benzene rings is 2. The van der Waals surface area contributed by atoms with Crippen molar-refractivity contribution in [2.45, 2.75) is 19.4 Å².